The molecule has 1 aliphatic carbocycles. The summed E-state index contributed by atoms with van der Waals surface area (Å²) in [6, 6.07) is 7.46. The standard InChI is InChI=1S/C14H22N2O3S2/c1-19-13-5-4-12(10-13)16-21(17,18)9-8-20-14-6-2-11(15)3-7-14/h2-3,6-7,12-13,16H,4-5,8-10,15H2,1H3. The van der Waals surface area contributed by atoms with Crippen molar-refractivity contribution in [1.82, 2.24) is 4.72 Å². The molecule has 0 bridgehead atoms. The van der Waals surface area contributed by atoms with Crippen molar-refractivity contribution in [3.63, 3.8) is 0 Å². The van der Waals surface area contributed by atoms with Crippen LogP contribution in [0.5, 0.6) is 0 Å². The molecule has 1 aromatic carbocycles. The van der Waals surface area contributed by atoms with E-state index in [-0.39, 0.29) is 17.9 Å². The highest BCUT2D eigenvalue weighted by Gasteiger charge is 2.27. The van der Waals surface area contributed by atoms with Crippen molar-refractivity contribution in [1.29, 1.82) is 0 Å². The van der Waals surface area contributed by atoms with E-state index in [0.29, 0.717) is 11.4 Å². The molecule has 0 saturated heterocycles. The van der Waals surface area contributed by atoms with Crippen molar-refractivity contribution in [2.75, 3.05) is 24.3 Å². The first kappa shape index (κ1) is 16.6. The lowest BCUT2D eigenvalue weighted by atomic mass is 10.3. The average Bonchev–Trinajstić information content (AvgIpc) is 2.87. The number of hydrogen-bond acceptors (Lipinski definition) is 5. The van der Waals surface area contributed by atoms with Gasteiger partial charge in [-0.2, -0.15) is 0 Å². The number of anilines is 1. The normalized spacial score (nSPS) is 22.5. The van der Waals surface area contributed by atoms with Crippen molar-refractivity contribution >= 4 is 27.5 Å². The zero-order chi connectivity index (χ0) is 15.3. The van der Waals surface area contributed by atoms with Gasteiger partial charge in [0.1, 0.15) is 0 Å². The Kier molecular flexibility index (Phi) is 5.92. The van der Waals surface area contributed by atoms with E-state index in [9.17, 15) is 8.42 Å². The van der Waals surface area contributed by atoms with Crippen LogP contribution in [0.1, 0.15) is 19.3 Å². The number of methoxy groups -OCH3 is 1. The van der Waals surface area contributed by atoms with E-state index in [4.69, 9.17) is 10.5 Å². The van der Waals surface area contributed by atoms with E-state index in [1.807, 2.05) is 24.3 Å². The Bertz CT molecular complexity index is 546. The second kappa shape index (κ2) is 7.49. The summed E-state index contributed by atoms with van der Waals surface area (Å²) in [7, 11) is -1.55. The topological polar surface area (TPSA) is 81.4 Å². The molecule has 0 radical (unpaired) electrons. The van der Waals surface area contributed by atoms with E-state index >= 15 is 0 Å². The van der Waals surface area contributed by atoms with Crippen molar-refractivity contribution in [3.05, 3.63) is 24.3 Å². The Labute approximate surface area is 130 Å². The number of benzene rings is 1. The SMILES string of the molecule is COC1CCC(NS(=O)(=O)CCSc2ccc(N)cc2)C1. The molecule has 21 heavy (non-hydrogen) atoms. The molecule has 0 heterocycles. The Morgan fingerprint density at radius 1 is 1.33 bits per heavy atom. The number of sulfonamides is 1. The lowest BCUT2D eigenvalue weighted by molar-refractivity contribution is 0.107. The molecule has 3 N–H and O–H groups in total. The molecule has 1 saturated carbocycles. The molecule has 1 aromatic rings. The summed E-state index contributed by atoms with van der Waals surface area (Å²) in [5, 5.41) is 0. The largest absolute Gasteiger partial charge is 0.399 e. The van der Waals surface area contributed by atoms with E-state index in [2.05, 4.69) is 4.72 Å². The average molecular weight is 330 g/mol. The van der Waals surface area contributed by atoms with Gasteiger partial charge in [-0.3, -0.25) is 0 Å². The Balaban J connectivity index is 1.75. The van der Waals surface area contributed by atoms with Crippen LogP contribution in [0.3, 0.4) is 0 Å². The number of nitrogens with one attached hydrogen (secondary N) is 1. The molecule has 2 unspecified atom stereocenters. The molecule has 0 aliphatic heterocycles. The van der Waals surface area contributed by atoms with Gasteiger partial charge in [0, 0.05) is 29.5 Å². The second-order valence-corrected chi connectivity index (χ2v) is 8.26. The van der Waals surface area contributed by atoms with Gasteiger partial charge in [0.15, 0.2) is 0 Å². The first-order chi connectivity index (χ1) is 9.98. The molecular weight excluding hydrogens is 308 g/mol. The first-order valence-electron chi connectivity index (χ1n) is 6.99. The highest BCUT2D eigenvalue weighted by molar-refractivity contribution is 8.00. The minimum absolute atomic E-state index is 0.0153. The van der Waals surface area contributed by atoms with Crippen molar-refractivity contribution < 1.29 is 13.2 Å². The zero-order valence-electron chi connectivity index (χ0n) is 12.1. The molecule has 1 fully saturated rings. The number of ether oxygens (including phenoxy) is 1. The van der Waals surface area contributed by atoms with Crippen LogP contribution in [0.25, 0.3) is 0 Å². The van der Waals surface area contributed by atoms with Gasteiger partial charge in [0.2, 0.25) is 10.0 Å². The monoisotopic (exact) mass is 330 g/mol. The zero-order valence-corrected chi connectivity index (χ0v) is 13.8. The van der Waals surface area contributed by atoms with E-state index in [1.54, 1.807) is 7.11 Å². The smallest absolute Gasteiger partial charge is 0.212 e. The number of nitrogens with two attached hydrogens (primary N) is 1. The van der Waals surface area contributed by atoms with Crippen LogP contribution in [0.4, 0.5) is 5.69 Å². The summed E-state index contributed by atoms with van der Waals surface area (Å²) in [5.74, 6) is 0.649. The lowest BCUT2D eigenvalue weighted by Crippen LogP contribution is -2.35. The number of thioether (sulfide) groups is 1. The van der Waals surface area contributed by atoms with Crippen LogP contribution in [0, 0.1) is 0 Å². The van der Waals surface area contributed by atoms with E-state index < -0.39 is 10.0 Å². The molecule has 7 heteroatoms. The number of nitrogen functional groups attached to an aromatic ring is 1. The van der Waals surface area contributed by atoms with Crippen LogP contribution >= 0.6 is 11.8 Å². The van der Waals surface area contributed by atoms with Crippen LogP contribution in [0.15, 0.2) is 29.2 Å². The van der Waals surface area contributed by atoms with E-state index in [0.717, 1.165) is 24.2 Å². The summed E-state index contributed by atoms with van der Waals surface area (Å²) in [5.41, 5.74) is 6.32. The molecule has 0 spiro atoms. The minimum Gasteiger partial charge on any atom is -0.399 e. The number of hydrogen-bond donors (Lipinski definition) is 2. The first-order valence-corrected chi connectivity index (χ1v) is 9.63. The molecular formula is C14H22N2O3S2. The predicted molar refractivity (Wildman–Crippen MR) is 86.9 cm³/mol. The minimum atomic E-state index is -3.23. The third kappa shape index (κ3) is 5.50. The molecule has 118 valence electrons. The molecule has 1 aliphatic rings. The summed E-state index contributed by atoms with van der Waals surface area (Å²) in [4.78, 5) is 1.03. The Morgan fingerprint density at radius 3 is 2.67 bits per heavy atom. The molecule has 5 nitrogen and oxygen atoms in total. The summed E-state index contributed by atoms with van der Waals surface area (Å²) in [6.45, 7) is 0. The maximum atomic E-state index is 12.0. The predicted octanol–water partition coefficient (Wildman–Crippen LogP) is 1.85. The van der Waals surface area contributed by atoms with Gasteiger partial charge in [-0.05, 0) is 43.5 Å². The van der Waals surface area contributed by atoms with E-state index in [1.165, 1.54) is 11.8 Å². The highest BCUT2D eigenvalue weighted by atomic mass is 32.2. The summed E-state index contributed by atoms with van der Waals surface area (Å²) < 4.78 is 32.1. The third-order valence-electron chi connectivity index (χ3n) is 3.56. The van der Waals surface area contributed by atoms with Crippen molar-refractivity contribution in [3.8, 4) is 0 Å². The van der Waals surface area contributed by atoms with Crippen LogP contribution in [-0.2, 0) is 14.8 Å². The van der Waals surface area contributed by atoms with Crippen molar-refractivity contribution in [2.24, 2.45) is 0 Å². The number of rotatable bonds is 7. The maximum absolute atomic E-state index is 12.0. The molecule has 2 atom stereocenters. The van der Waals surface area contributed by atoms with Gasteiger partial charge in [0.05, 0.1) is 11.9 Å². The van der Waals surface area contributed by atoms with Gasteiger partial charge in [-0.15, -0.1) is 11.8 Å². The molecule has 2 rings (SSSR count). The van der Waals surface area contributed by atoms with Crippen LogP contribution in [0.2, 0.25) is 0 Å². The second-order valence-electron chi connectivity index (χ2n) is 5.22. The fourth-order valence-electron chi connectivity index (χ4n) is 2.41. The van der Waals surface area contributed by atoms with Gasteiger partial charge < -0.3 is 10.5 Å². The molecule has 0 amide bonds. The van der Waals surface area contributed by atoms with Gasteiger partial charge in [-0.25, -0.2) is 13.1 Å². The molecule has 0 aromatic heterocycles. The maximum Gasteiger partial charge on any atom is 0.212 e. The summed E-state index contributed by atoms with van der Waals surface area (Å²) >= 11 is 1.52. The highest BCUT2D eigenvalue weighted by Crippen LogP contribution is 2.23. The quantitative estimate of drug-likeness (QED) is 0.589. The van der Waals surface area contributed by atoms with Gasteiger partial charge in [0.25, 0.3) is 0 Å². The van der Waals surface area contributed by atoms with Gasteiger partial charge in [-0.1, -0.05) is 0 Å². The van der Waals surface area contributed by atoms with Crippen LogP contribution < -0.4 is 10.5 Å². The Hall–Kier alpha value is -0.760. The fourth-order valence-corrected chi connectivity index (χ4v) is 5.02. The fraction of sp³-hybridized carbons (Fsp3) is 0.571. The third-order valence-corrected chi connectivity index (χ3v) is 6.27. The van der Waals surface area contributed by atoms with Crippen LogP contribution in [-0.4, -0.2) is 39.2 Å². The summed E-state index contributed by atoms with van der Waals surface area (Å²) in [6.07, 6.45) is 2.72. The van der Waals surface area contributed by atoms with Crippen molar-refractivity contribution in [2.45, 2.75) is 36.3 Å². The lowest BCUT2D eigenvalue weighted by Gasteiger charge is -2.13. The van der Waals surface area contributed by atoms with Gasteiger partial charge >= 0.3 is 0 Å². The Morgan fingerprint density at radius 2 is 2.05 bits per heavy atom.